The normalized spacial score (nSPS) is 11.1. The summed E-state index contributed by atoms with van der Waals surface area (Å²) in [4.78, 5) is 12.3. The fraction of sp³-hybridized carbons (Fsp3) is 0.316. The van der Waals surface area contributed by atoms with Gasteiger partial charge in [-0.15, -0.1) is 0 Å². The zero-order valence-corrected chi connectivity index (χ0v) is 17.1. The van der Waals surface area contributed by atoms with Crippen LogP contribution in [0.15, 0.2) is 42.5 Å². The lowest BCUT2D eigenvalue weighted by Crippen LogP contribution is -2.40. The first-order chi connectivity index (χ1) is 12.7. The number of nitrogens with one attached hydrogen (secondary N) is 1. The Morgan fingerprint density at radius 3 is 2.44 bits per heavy atom. The molecule has 27 heavy (non-hydrogen) atoms. The van der Waals surface area contributed by atoms with E-state index in [0.717, 1.165) is 21.9 Å². The molecule has 2 aromatic carbocycles. The van der Waals surface area contributed by atoms with Crippen molar-refractivity contribution in [2.75, 3.05) is 23.7 Å². The number of nitrogens with zero attached hydrogens (tertiary/aromatic N) is 1. The molecule has 2 rings (SSSR count). The van der Waals surface area contributed by atoms with Crippen molar-refractivity contribution in [3.05, 3.63) is 58.6 Å². The van der Waals surface area contributed by atoms with Gasteiger partial charge in [-0.2, -0.15) is 0 Å². The highest BCUT2D eigenvalue weighted by molar-refractivity contribution is 7.92. The average molecular weight is 411 g/mol. The lowest BCUT2D eigenvalue weighted by atomic mass is 10.2. The van der Waals surface area contributed by atoms with Gasteiger partial charge in [0.15, 0.2) is 0 Å². The molecule has 0 bridgehead atoms. The lowest BCUT2D eigenvalue weighted by molar-refractivity contribution is -0.119. The van der Waals surface area contributed by atoms with Gasteiger partial charge in [0.1, 0.15) is 12.3 Å². The molecule has 2 aromatic rings. The first-order valence-corrected chi connectivity index (χ1v) is 10.7. The summed E-state index contributed by atoms with van der Waals surface area (Å²) >= 11 is 6.09. The molecule has 0 aliphatic rings. The largest absolute Gasteiger partial charge is 0.494 e. The minimum Gasteiger partial charge on any atom is -0.494 e. The number of hydrogen-bond donors (Lipinski definition) is 1. The topological polar surface area (TPSA) is 75.7 Å². The van der Waals surface area contributed by atoms with Crippen molar-refractivity contribution in [3.63, 3.8) is 0 Å². The number of halogens is 1. The number of amides is 1. The molecule has 0 saturated heterocycles. The predicted octanol–water partition coefficient (Wildman–Crippen LogP) is 3.13. The molecular formula is C19H23ClN2O4S. The van der Waals surface area contributed by atoms with Gasteiger partial charge < -0.3 is 10.1 Å². The Morgan fingerprint density at radius 1 is 1.19 bits per heavy atom. The van der Waals surface area contributed by atoms with Gasteiger partial charge in [0.2, 0.25) is 15.9 Å². The van der Waals surface area contributed by atoms with Gasteiger partial charge in [-0.05, 0) is 49.2 Å². The maximum Gasteiger partial charge on any atom is 0.241 e. The molecule has 0 fully saturated rings. The Hall–Kier alpha value is -2.25. The van der Waals surface area contributed by atoms with Gasteiger partial charge in [0, 0.05) is 11.6 Å². The van der Waals surface area contributed by atoms with Crippen LogP contribution in [0.1, 0.15) is 18.1 Å². The molecule has 0 unspecified atom stereocenters. The molecule has 0 saturated carbocycles. The van der Waals surface area contributed by atoms with Crippen LogP contribution in [-0.2, 0) is 21.4 Å². The third kappa shape index (κ3) is 5.87. The number of hydrogen-bond acceptors (Lipinski definition) is 4. The SMILES string of the molecule is CCOc1ccc(CNC(=O)CN(c2cccc(Cl)c2C)S(C)(=O)=O)cc1. The van der Waals surface area contributed by atoms with Crippen molar-refractivity contribution in [2.45, 2.75) is 20.4 Å². The van der Waals surface area contributed by atoms with Crippen LogP contribution in [0.5, 0.6) is 5.75 Å². The van der Waals surface area contributed by atoms with Crippen LogP contribution >= 0.6 is 11.6 Å². The van der Waals surface area contributed by atoms with Crippen LogP contribution < -0.4 is 14.4 Å². The summed E-state index contributed by atoms with van der Waals surface area (Å²) < 4.78 is 30.8. The quantitative estimate of drug-likeness (QED) is 0.725. The highest BCUT2D eigenvalue weighted by Crippen LogP contribution is 2.28. The molecule has 146 valence electrons. The molecule has 8 heteroatoms. The highest BCUT2D eigenvalue weighted by Gasteiger charge is 2.23. The maximum atomic E-state index is 12.3. The fourth-order valence-corrected chi connectivity index (χ4v) is 3.58. The summed E-state index contributed by atoms with van der Waals surface area (Å²) in [6, 6.07) is 12.3. The first-order valence-electron chi connectivity index (χ1n) is 8.43. The Kier molecular flexibility index (Phi) is 7.10. The van der Waals surface area contributed by atoms with E-state index >= 15 is 0 Å². The molecule has 0 aliphatic carbocycles. The van der Waals surface area contributed by atoms with E-state index in [-0.39, 0.29) is 13.1 Å². The van der Waals surface area contributed by atoms with Crippen molar-refractivity contribution in [1.82, 2.24) is 5.32 Å². The second kappa shape index (κ2) is 9.10. The zero-order chi connectivity index (χ0) is 20.0. The van der Waals surface area contributed by atoms with E-state index < -0.39 is 15.9 Å². The van der Waals surface area contributed by atoms with Crippen molar-refractivity contribution < 1.29 is 17.9 Å². The molecule has 6 nitrogen and oxygen atoms in total. The number of carbonyl (C=O) groups excluding carboxylic acids is 1. The second-order valence-corrected chi connectivity index (χ2v) is 8.32. The number of rotatable bonds is 8. The van der Waals surface area contributed by atoms with E-state index in [2.05, 4.69) is 5.32 Å². The Balaban J connectivity index is 2.07. The molecule has 0 radical (unpaired) electrons. The van der Waals surface area contributed by atoms with Gasteiger partial charge in [-0.25, -0.2) is 8.42 Å². The molecule has 0 heterocycles. The monoisotopic (exact) mass is 410 g/mol. The standard InChI is InChI=1S/C19H23ClN2O4S/c1-4-26-16-10-8-15(9-11-16)12-21-19(23)13-22(27(3,24)25)18-7-5-6-17(20)14(18)2/h5-11H,4,12-13H2,1-3H3,(H,21,23). The van der Waals surface area contributed by atoms with E-state index in [9.17, 15) is 13.2 Å². The Labute approximate surface area is 165 Å². The predicted molar refractivity (Wildman–Crippen MR) is 108 cm³/mol. The Bertz CT molecular complexity index is 898. The highest BCUT2D eigenvalue weighted by atomic mass is 35.5. The summed E-state index contributed by atoms with van der Waals surface area (Å²) in [5.74, 6) is 0.348. The molecule has 0 spiro atoms. The van der Waals surface area contributed by atoms with Crippen LogP contribution in [0.2, 0.25) is 5.02 Å². The second-order valence-electron chi connectivity index (χ2n) is 6.01. The molecule has 0 aliphatic heterocycles. The molecule has 0 atom stereocenters. The van der Waals surface area contributed by atoms with Crippen molar-refractivity contribution in [1.29, 1.82) is 0 Å². The molecule has 1 amide bonds. The van der Waals surface area contributed by atoms with E-state index in [0.29, 0.717) is 22.9 Å². The lowest BCUT2D eigenvalue weighted by Gasteiger charge is -2.24. The third-order valence-corrected chi connectivity index (χ3v) is 5.46. The number of sulfonamides is 1. The molecular weight excluding hydrogens is 388 g/mol. The van der Waals surface area contributed by atoms with Crippen molar-refractivity contribution in [3.8, 4) is 5.75 Å². The summed E-state index contributed by atoms with van der Waals surface area (Å²) in [6.45, 7) is 4.17. The summed E-state index contributed by atoms with van der Waals surface area (Å²) in [6.07, 6.45) is 1.06. The van der Waals surface area contributed by atoms with Gasteiger partial charge in [0.25, 0.3) is 0 Å². The minimum atomic E-state index is -3.65. The summed E-state index contributed by atoms with van der Waals surface area (Å²) in [7, 11) is -3.65. The van der Waals surface area contributed by atoms with Crippen LogP contribution in [0.25, 0.3) is 0 Å². The molecule has 1 N–H and O–H groups in total. The smallest absolute Gasteiger partial charge is 0.241 e. The zero-order valence-electron chi connectivity index (χ0n) is 15.5. The first kappa shape index (κ1) is 21.1. The Morgan fingerprint density at radius 2 is 1.85 bits per heavy atom. The minimum absolute atomic E-state index is 0.289. The third-order valence-electron chi connectivity index (χ3n) is 3.92. The van der Waals surface area contributed by atoms with Crippen LogP contribution in [0, 0.1) is 6.92 Å². The maximum absolute atomic E-state index is 12.3. The number of benzene rings is 2. The fourth-order valence-electron chi connectivity index (χ4n) is 2.50. The summed E-state index contributed by atoms with van der Waals surface area (Å²) in [5, 5.41) is 3.18. The van der Waals surface area contributed by atoms with E-state index in [1.54, 1.807) is 25.1 Å². The van der Waals surface area contributed by atoms with Crippen LogP contribution in [-0.4, -0.2) is 33.7 Å². The van der Waals surface area contributed by atoms with Gasteiger partial charge in [-0.3, -0.25) is 9.10 Å². The van der Waals surface area contributed by atoms with Gasteiger partial charge in [0.05, 0.1) is 18.6 Å². The van der Waals surface area contributed by atoms with Crippen molar-refractivity contribution in [2.24, 2.45) is 0 Å². The van der Waals surface area contributed by atoms with E-state index in [4.69, 9.17) is 16.3 Å². The van der Waals surface area contributed by atoms with E-state index in [1.165, 1.54) is 0 Å². The van der Waals surface area contributed by atoms with Crippen LogP contribution in [0.4, 0.5) is 5.69 Å². The average Bonchev–Trinajstić information content (AvgIpc) is 2.61. The van der Waals surface area contributed by atoms with Gasteiger partial charge in [-0.1, -0.05) is 29.8 Å². The van der Waals surface area contributed by atoms with E-state index in [1.807, 2.05) is 31.2 Å². The number of anilines is 1. The summed E-state index contributed by atoms with van der Waals surface area (Å²) in [5.41, 5.74) is 1.88. The van der Waals surface area contributed by atoms with Gasteiger partial charge >= 0.3 is 0 Å². The molecule has 0 aromatic heterocycles. The number of ether oxygens (including phenoxy) is 1. The van der Waals surface area contributed by atoms with Crippen molar-refractivity contribution >= 4 is 33.2 Å². The number of carbonyl (C=O) groups is 1. The van der Waals surface area contributed by atoms with Crippen LogP contribution in [0.3, 0.4) is 0 Å².